The standard InChI is InChI=1S/C12H11F2PS/c1-8-7-10(9-5-3-2-4-6-9)11(16-8)12(13,14)15/h2-7H,15H2,1H3. The second kappa shape index (κ2) is 4.23. The van der Waals surface area contributed by atoms with Crippen molar-refractivity contribution in [1.82, 2.24) is 0 Å². The van der Waals surface area contributed by atoms with E-state index in [0.29, 0.717) is 5.56 Å². The Morgan fingerprint density at radius 3 is 2.38 bits per heavy atom. The van der Waals surface area contributed by atoms with Gasteiger partial charge in [-0.3, -0.25) is 0 Å². The molecule has 0 aliphatic heterocycles. The summed E-state index contributed by atoms with van der Waals surface area (Å²) in [6.07, 6.45) is 0. The molecular weight excluding hydrogens is 245 g/mol. The van der Waals surface area contributed by atoms with Gasteiger partial charge in [-0.25, -0.2) is 0 Å². The van der Waals surface area contributed by atoms with Crippen LogP contribution in [0.5, 0.6) is 0 Å². The third-order valence-corrected chi connectivity index (χ3v) is 3.88. The van der Waals surface area contributed by atoms with Crippen LogP contribution in [0.2, 0.25) is 0 Å². The Morgan fingerprint density at radius 2 is 1.81 bits per heavy atom. The molecule has 1 aromatic carbocycles. The van der Waals surface area contributed by atoms with Crippen molar-refractivity contribution < 1.29 is 8.78 Å². The van der Waals surface area contributed by atoms with E-state index in [0.717, 1.165) is 21.8 Å². The van der Waals surface area contributed by atoms with E-state index in [4.69, 9.17) is 0 Å². The predicted molar refractivity (Wildman–Crippen MR) is 68.1 cm³/mol. The van der Waals surface area contributed by atoms with E-state index in [1.54, 1.807) is 9.24 Å². The van der Waals surface area contributed by atoms with Crippen LogP contribution >= 0.6 is 20.6 Å². The molecular formula is C12H11F2PS. The second-order valence-electron chi connectivity index (χ2n) is 3.59. The molecule has 0 saturated heterocycles. The Kier molecular flexibility index (Phi) is 3.09. The summed E-state index contributed by atoms with van der Waals surface area (Å²) >= 11 is 1.15. The third kappa shape index (κ3) is 2.31. The van der Waals surface area contributed by atoms with Crippen LogP contribution in [-0.4, -0.2) is 0 Å². The first-order chi connectivity index (χ1) is 7.48. The van der Waals surface area contributed by atoms with Gasteiger partial charge in [0.2, 0.25) is 0 Å². The summed E-state index contributed by atoms with van der Waals surface area (Å²) < 4.78 is 26.8. The fourth-order valence-corrected chi connectivity index (χ4v) is 2.85. The summed E-state index contributed by atoms with van der Waals surface area (Å²) in [6, 6.07) is 11.1. The SMILES string of the molecule is Cc1cc(-c2ccccc2)c(C(F)(F)P)s1. The van der Waals surface area contributed by atoms with Crippen molar-refractivity contribution in [2.45, 2.75) is 12.6 Å². The number of thiophene rings is 1. The zero-order chi connectivity index (χ0) is 11.8. The lowest BCUT2D eigenvalue weighted by molar-refractivity contribution is 0.109. The van der Waals surface area contributed by atoms with Gasteiger partial charge in [-0.1, -0.05) is 39.6 Å². The van der Waals surface area contributed by atoms with E-state index < -0.39 is 5.66 Å². The van der Waals surface area contributed by atoms with Gasteiger partial charge in [0, 0.05) is 10.4 Å². The van der Waals surface area contributed by atoms with E-state index >= 15 is 0 Å². The molecule has 84 valence electrons. The number of rotatable bonds is 2. The molecule has 0 radical (unpaired) electrons. The van der Waals surface area contributed by atoms with Crippen LogP contribution in [-0.2, 0) is 5.66 Å². The second-order valence-corrected chi connectivity index (χ2v) is 5.57. The van der Waals surface area contributed by atoms with Crippen LogP contribution in [0.4, 0.5) is 8.78 Å². The first-order valence-electron chi connectivity index (χ1n) is 4.81. The summed E-state index contributed by atoms with van der Waals surface area (Å²) in [5, 5.41) is 0. The molecule has 0 fully saturated rings. The minimum Gasteiger partial charge on any atom is -0.196 e. The number of halogens is 2. The lowest BCUT2D eigenvalue weighted by atomic mass is 10.1. The molecule has 1 unspecified atom stereocenters. The van der Waals surface area contributed by atoms with Gasteiger partial charge >= 0.3 is 0 Å². The van der Waals surface area contributed by atoms with Gasteiger partial charge in [0.15, 0.2) is 0 Å². The molecule has 1 heterocycles. The van der Waals surface area contributed by atoms with Crippen molar-refractivity contribution in [3.05, 3.63) is 46.2 Å². The van der Waals surface area contributed by atoms with Crippen molar-refractivity contribution in [3.63, 3.8) is 0 Å². The van der Waals surface area contributed by atoms with E-state index in [1.807, 2.05) is 43.3 Å². The minimum absolute atomic E-state index is 0.112. The van der Waals surface area contributed by atoms with Gasteiger partial charge in [0.25, 0.3) is 5.66 Å². The average Bonchev–Trinajstić information content (AvgIpc) is 2.61. The van der Waals surface area contributed by atoms with Crippen molar-refractivity contribution >= 4 is 20.6 Å². The highest BCUT2D eigenvalue weighted by Gasteiger charge is 2.30. The maximum Gasteiger partial charge on any atom is 0.293 e. The van der Waals surface area contributed by atoms with Crippen LogP contribution in [0, 0.1) is 6.92 Å². The monoisotopic (exact) mass is 256 g/mol. The molecule has 0 N–H and O–H groups in total. The molecule has 0 saturated carbocycles. The van der Waals surface area contributed by atoms with Crippen molar-refractivity contribution in [1.29, 1.82) is 0 Å². The van der Waals surface area contributed by atoms with Crippen molar-refractivity contribution in [2.24, 2.45) is 0 Å². The highest BCUT2D eigenvalue weighted by Crippen LogP contribution is 2.45. The zero-order valence-electron chi connectivity index (χ0n) is 8.71. The molecule has 0 amide bonds. The number of hydrogen-bond acceptors (Lipinski definition) is 1. The molecule has 16 heavy (non-hydrogen) atoms. The maximum absolute atomic E-state index is 13.4. The Labute approximate surface area is 99.5 Å². The summed E-state index contributed by atoms with van der Waals surface area (Å²) in [5.41, 5.74) is -1.39. The Morgan fingerprint density at radius 1 is 1.19 bits per heavy atom. The predicted octanol–water partition coefficient (Wildman–Crippen LogP) is 4.65. The van der Waals surface area contributed by atoms with Crippen LogP contribution in [0.3, 0.4) is 0 Å². The largest absolute Gasteiger partial charge is 0.293 e. The number of hydrogen-bond donors (Lipinski definition) is 0. The highest BCUT2D eigenvalue weighted by atomic mass is 32.1. The van der Waals surface area contributed by atoms with Gasteiger partial charge in [0.1, 0.15) is 0 Å². The van der Waals surface area contributed by atoms with Crippen molar-refractivity contribution in [2.75, 3.05) is 0 Å². The number of alkyl halides is 2. The zero-order valence-corrected chi connectivity index (χ0v) is 10.7. The lowest BCUT2D eigenvalue weighted by Gasteiger charge is -2.10. The lowest BCUT2D eigenvalue weighted by Crippen LogP contribution is -2.00. The molecule has 0 aliphatic carbocycles. The summed E-state index contributed by atoms with van der Waals surface area (Å²) in [6.45, 7) is 1.84. The fraction of sp³-hybridized carbons (Fsp3) is 0.167. The van der Waals surface area contributed by atoms with Gasteiger partial charge < -0.3 is 0 Å². The van der Waals surface area contributed by atoms with Gasteiger partial charge in [0.05, 0.1) is 4.88 Å². The molecule has 0 nitrogen and oxygen atoms in total. The normalized spacial score (nSPS) is 11.8. The van der Waals surface area contributed by atoms with Gasteiger partial charge in [-0.15, -0.1) is 11.3 Å². The van der Waals surface area contributed by atoms with Crippen LogP contribution < -0.4 is 0 Å². The smallest absolute Gasteiger partial charge is 0.196 e. The van der Waals surface area contributed by atoms with Crippen LogP contribution in [0.1, 0.15) is 9.75 Å². The van der Waals surface area contributed by atoms with Crippen LogP contribution in [0.25, 0.3) is 11.1 Å². The summed E-state index contributed by atoms with van der Waals surface area (Å²) in [7, 11) is 1.61. The molecule has 2 rings (SSSR count). The van der Waals surface area contributed by atoms with Crippen molar-refractivity contribution in [3.8, 4) is 11.1 Å². The molecule has 4 heteroatoms. The van der Waals surface area contributed by atoms with E-state index in [-0.39, 0.29) is 4.88 Å². The number of benzene rings is 1. The first kappa shape index (κ1) is 11.7. The molecule has 1 atom stereocenters. The molecule has 0 bridgehead atoms. The Hall–Kier alpha value is -0.790. The molecule has 0 aliphatic rings. The fourth-order valence-electron chi connectivity index (χ4n) is 1.59. The Bertz CT molecular complexity index is 485. The van der Waals surface area contributed by atoms with E-state index in [9.17, 15) is 8.78 Å². The highest BCUT2D eigenvalue weighted by molar-refractivity contribution is 7.21. The quantitative estimate of drug-likeness (QED) is 0.686. The maximum atomic E-state index is 13.4. The summed E-state index contributed by atoms with van der Waals surface area (Å²) in [5.74, 6) is 0. The van der Waals surface area contributed by atoms with Gasteiger partial charge in [-0.05, 0) is 18.6 Å². The third-order valence-electron chi connectivity index (χ3n) is 2.24. The molecule has 0 spiro atoms. The van der Waals surface area contributed by atoms with Gasteiger partial charge in [-0.2, -0.15) is 8.78 Å². The molecule has 1 aromatic heterocycles. The minimum atomic E-state index is -2.86. The topological polar surface area (TPSA) is 0 Å². The van der Waals surface area contributed by atoms with E-state index in [2.05, 4.69) is 0 Å². The van der Waals surface area contributed by atoms with Crippen LogP contribution in [0.15, 0.2) is 36.4 Å². The Balaban J connectivity index is 2.58. The average molecular weight is 256 g/mol. The molecule has 2 aromatic rings. The number of aryl methyl sites for hydroxylation is 1. The first-order valence-corrected chi connectivity index (χ1v) is 6.21. The summed E-state index contributed by atoms with van der Waals surface area (Å²) in [4.78, 5) is 1.01. The van der Waals surface area contributed by atoms with E-state index in [1.165, 1.54) is 0 Å².